The fourth-order valence-corrected chi connectivity index (χ4v) is 3.12. The number of imidazole rings is 1. The van der Waals surface area contributed by atoms with Crippen LogP contribution in [0.3, 0.4) is 0 Å². The van der Waals surface area contributed by atoms with Crippen LogP contribution in [0.4, 0.5) is 4.79 Å². The SMILES string of the molecule is O=C(NCC[C@H]1CCCO1)NC[C@@H]1CCc2nccn2C1. The molecule has 1 saturated heterocycles. The lowest BCUT2D eigenvalue weighted by Crippen LogP contribution is -2.40. The van der Waals surface area contributed by atoms with Gasteiger partial charge < -0.3 is 19.9 Å². The van der Waals surface area contributed by atoms with Crippen LogP contribution in [0.2, 0.25) is 0 Å². The number of ether oxygens (including phenoxy) is 1. The number of carbonyl (C=O) groups excluding carboxylic acids is 1. The Hall–Kier alpha value is -1.56. The first kappa shape index (κ1) is 14.4. The molecular weight excluding hydrogens is 268 g/mol. The molecular formula is C15H24N4O2. The summed E-state index contributed by atoms with van der Waals surface area (Å²) in [5, 5.41) is 5.89. The molecule has 2 amide bonds. The Bertz CT molecular complexity index is 468. The first-order chi connectivity index (χ1) is 10.3. The Balaban J connectivity index is 1.31. The van der Waals surface area contributed by atoms with Gasteiger partial charge in [-0.2, -0.15) is 0 Å². The molecule has 1 aromatic rings. The molecule has 0 unspecified atom stereocenters. The molecule has 0 aromatic carbocycles. The Labute approximate surface area is 125 Å². The number of urea groups is 1. The van der Waals surface area contributed by atoms with Gasteiger partial charge >= 0.3 is 6.03 Å². The van der Waals surface area contributed by atoms with Crippen LogP contribution in [0.5, 0.6) is 0 Å². The van der Waals surface area contributed by atoms with E-state index in [2.05, 4.69) is 20.2 Å². The molecule has 6 nitrogen and oxygen atoms in total. The van der Waals surface area contributed by atoms with Crippen LogP contribution in [0.25, 0.3) is 0 Å². The summed E-state index contributed by atoms with van der Waals surface area (Å²) in [5.41, 5.74) is 0. The third-order valence-electron chi connectivity index (χ3n) is 4.36. The molecule has 21 heavy (non-hydrogen) atoms. The fraction of sp³-hybridized carbons (Fsp3) is 0.733. The standard InChI is InChI=1S/C15H24N4O2/c20-15(17-6-5-13-2-1-9-21-13)18-10-12-3-4-14-16-7-8-19(14)11-12/h7-8,12-13H,1-6,9-11H2,(H2,17,18,20)/t12-,13+/m0/s1. The fourth-order valence-electron chi connectivity index (χ4n) is 3.12. The van der Waals surface area contributed by atoms with Crippen molar-refractivity contribution in [3.63, 3.8) is 0 Å². The molecule has 0 spiro atoms. The topological polar surface area (TPSA) is 68.2 Å². The molecule has 116 valence electrons. The van der Waals surface area contributed by atoms with E-state index >= 15 is 0 Å². The lowest BCUT2D eigenvalue weighted by Gasteiger charge is -2.24. The molecule has 1 aromatic heterocycles. The van der Waals surface area contributed by atoms with Gasteiger partial charge in [0.1, 0.15) is 5.82 Å². The van der Waals surface area contributed by atoms with Gasteiger partial charge in [-0.05, 0) is 31.6 Å². The predicted molar refractivity (Wildman–Crippen MR) is 79.0 cm³/mol. The zero-order chi connectivity index (χ0) is 14.5. The second kappa shape index (κ2) is 6.93. The highest BCUT2D eigenvalue weighted by atomic mass is 16.5. The van der Waals surface area contributed by atoms with E-state index in [1.54, 1.807) is 0 Å². The zero-order valence-corrected chi connectivity index (χ0v) is 12.4. The molecule has 3 rings (SSSR count). The average Bonchev–Trinajstić information content (AvgIpc) is 3.15. The Morgan fingerprint density at radius 2 is 2.38 bits per heavy atom. The van der Waals surface area contributed by atoms with Crippen LogP contribution in [-0.2, 0) is 17.7 Å². The minimum absolute atomic E-state index is 0.0653. The van der Waals surface area contributed by atoms with Gasteiger partial charge in [-0.3, -0.25) is 0 Å². The van der Waals surface area contributed by atoms with Gasteiger partial charge in [-0.15, -0.1) is 0 Å². The van der Waals surface area contributed by atoms with Crippen molar-refractivity contribution in [3.8, 4) is 0 Å². The first-order valence-corrected chi connectivity index (χ1v) is 7.94. The Morgan fingerprint density at radius 3 is 3.24 bits per heavy atom. The van der Waals surface area contributed by atoms with E-state index < -0.39 is 0 Å². The smallest absolute Gasteiger partial charge is 0.314 e. The van der Waals surface area contributed by atoms with Crippen LogP contribution in [0.15, 0.2) is 12.4 Å². The number of carbonyl (C=O) groups is 1. The number of aryl methyl sites for hydroxylation is 1. The van der Waals surface area contributed by atoms with Crippen molar-refractivity contribution < 1.29 is 9.53 Å². The number of fused-ring (bicyclic) bond motifs is 1. The van der Waals surface area contributed by atoms with Gasteiger partial charge in [0.15, 0.2) is 0 Å². The van der Waals surface area contributed by atoms with Crippen molar-refractivity contribution in [3.05, 3.63) is 18.2 Å². The van der Waals surface area contributed by atoms with E-state index in [9.17, 15) is 4.79 Å². The van der Waals surface area contributed by atoms with Crippen molar-refractivity contribution in [2.75, 3.05) is 19.7 Å². The molecule has 2 N–H and O–H groups in total. The average molecular weight is 292 g/mol. The zero-order valence-electron chi connectivity index (χ0n) is 12.4. The number of aromatic nitrogens is 2. The number of hydrogen-bond donors (Lipinski definition) is 2. The largest absolute Gasteiger partial charge is 0.378 e. The second-order valence-corrected chi connectivity index (χ2v) is 5.96. The normalized spacial score (nSPS) is 24.6. The van der Waals surface area contributed by atoms with Crippen LogP contribution in [-0.4, -0.2) is 41.4 Å². The van der Waals surface area contributed by atoms with Crippen molar-refractivity contribution in [2.24, 2.45) is 5.92 Å². The highest BCUT2D eigenvalue weighted by Gasteiger charge is 2.19. The van der Waals surface area contributed by atoms with E-state index in [1.807, 2.05) is 12.4 Å². The summed E-state index contributed by atoms with van der Waals surface area (Å²) in [5.74, 6) is 1.66. The second-order valence-electron chi connectivity index (χ2n) is 5.96. The van der Waals surface area contributed by atoms with E-state index in [0.29, 0.717) is 18.6 Å². The summed E-state index contributed by atoms with van der Waals surface area (Å²) < 4.78 is 7.72. The van der Waals surface area contributed by atoms with E-state index in [1.165, 1.54) is 0 Å². The maximum absolute atomic E-state index is 11.8. The number of rotatable bonds is 5. The van der Waals surface area contributed by atoms with Crippen molar-refractivity contribution in [2.45, 2.75) is 44.8 Å². The number of nitrogens with zero attached hydrogens (tertiary/aromatic N) is 2. The minimum Gasteiger partial charge on any atom is -0.378 e. The molecule has 2 atom stereocenters. The highest BCUT2D eigenvalue weighted by molar-refractivity contribution is 5.73. The number of amides is 2. The predicted octanol–water partition coefficient (Wildman–Crippen LogP) is 1.31. The highest BCUT2D eigenvalue weighted by Crippen LogP contribution is 2.18. The minimum atomic E-state index is -0.0653. The molecule has 1 fully saturated rings. The number of nitrogens with one attached hydrogen (secondary N) is 2. The molecule has 0 saturated carbocycles. The van der Waals surface area contributed by atoms with Gasteiger partial charge in [0.25, 0.3) is 0 Å². The summed E-state index contributed by atoms with van der Waals surface area (Å²) in [7, 11) is 0. The maximum Gasteiger partial charge on any atom is 0.314 e. The molecule has 2 aliphatic heterocycles. The monoisotopic (exact) mass is 292 g/mol. The molecule has 0 aliphatic carbocycles. The van der Waals surface area contributed by atoms with Crippen LogP contribution >= 0.6 is 0 Å². The first-order valence-electron chi connectivity index (χ1n) is 7.94. The third-order valence-corrected chi connectivity index (χ3v) is 4.36. The van der Waals surface area contributed by atoms with E-state index in [-0.39, 0.29) is 6.03 Å². The van der Waals surface area contributed by atoms with Crippen LogP contribution < -0.4 is 10.6 Å². The molecule has 0 bridgehead atoms. The molecule has 3 heterocycles. The lowest BCUT2D eigenvalue weighted by atomic mass is 9.99. The van der Waals surface area contributed by atoms with Gasteiger partial charge in [-0.25, -0.2) is 9.78 Å². The van der Waals surface area contributed by atoms with Gasteiger partial charge in [0.05, 0.1) is 6.10 Å². The molecule has 0 radical (unpaired) electrons. The summed E-state index contributed by atoms with van der Waals surface area (Å²) in [6.45, 7) is 3.23. The summed E-state index contributed by atoms with van der Waals surface area (Å²) in [4.78, 5) is 16.1. The van der Waals surface area contributed by atoms with E-state index in [0.717, 1.165) is 57.6 Å². The molecule has 6 heteroatoms. The van der Waals surface area contributed by atoms with Crippen molar-refractivity contribution in [1.82, 2.24) is 20.2 Å². The van der Waals surface area contributed by atoms with Crippen molar-refractivity contribution >= 4 is 6.03 Å². The quantitative estimate of drug-likeness (QED) is 0.860. The van der Waals surface area contributed by atoms with Gasteiger partial charge in [-0.1, -0.05) is 0 Å². The van der Waals surface area contributed by atoms with Gasteiger partial charge in [0, 0.05) is 45.1 Å². The lowest BCUT2D eigenvalue weighted by molar-refractivity contribution is 0.104. The van der Waals surface area contributed by atoms with Crippen LogP contribution in [0, 0.1) is 5.92 Å². The Kier molecular flexibility index (Phi) is 4.75. The Morgan fingerprint density at radius 1 is 1.43 bits per heavy atom. The molecule has 2 aliphatic rings. The van der Waals surface area contributed by atoms with Crippen molar-refractivity contribution in [1.29, 1.82) is 0 Å². The summed E-state index contributed by atoms with van der Waals surface area (Å²) in [6.07, 6.45) is 9.48. The maximum atomic E-state index is 11.8. The van der Waals surface area contributed by atoms with Gasteiger partial charge in [0.2, 0.25) is 0 Å². The summed E-state index contributed by atoms with van der Waals surface area (Å²) >= 11 is 0. The summed E-state index contributed by atoms with van der Waals surface area (Å²) in [6, 6.07) is -0.0653. The van der Waals surface area contributed by atoms with E-state index in [4.69, 9.17) is 4.74 Å². The third kappa shape index (κ3) is 3.97. The van der Waals surface area contributed by atoms with Crippen LogP contribution in [0.1, 0.15) is 31.5 Å². The number of hydrogen-bond acceptors (Lipinski definition) is 3.